The molecule has 0 aromatic carbocycles. The molecule has 0 saturated heterocycles. The third kappa shape index (κ3) is 3.81. The number of anilines is 1. The summed E-state index contributed by atoms with van der Waals surface area (Å²) in [6.45, 7) is 4.65. The van der Waals surface area contributed by atoms with Gasteiger partial charge in [-0.25, -0.2) is 0 Å². The average Bonchev–Trinajstić information content (AvgIpc) is 2.78. The number of hydrogen-bond donors (Lipinski definition) is 0. The van der Waals surface area contributed by atoms with Gasteiger partial charge in [-0.2, -0.15) is 22.5 Å². The van der Waals surface area contributed by atoms with Gasteiger partial charge in [-0.05, 0) is 12.8 Å². The zero-order chi connectivity index (χ0) is 13.8. The van der Waals surface area contributed by atoms with Crippen molar-refractivity contribution in [3.05, 3.63) is 5.82 Å². The fourth-order valence-corrected chi connectivity index (χ4v) is 2.87. The zero-order valence-corrected chi connectivity index (χ0v) is 12.6. The molecule has 0 unspecified atom stereocenters. The van der Waals surface area contributed by atoms with Crippen LogP contribution in [0.25, 0.3) is 0 Å². The Bertz CT molecular complexity index is 365. The predicted octanol–water partition coefficient (Wildman–Crippen LogP) is 3.95. The van der Waals surface area contributed by atoms with Gasteiger partial charge in [0.05, 0.1) is 0 Å². The maximum absolute atomic E-state index is 12.5. The summed E-state index contributed by atoms with van der Waals surface area (Å²) in [6, 6.07) is 0.191. The summed E-state index contributed by atoms with van der Waals surface area (Å²) >= 11 is 4.12. The van der Waals surface area contributed by atoms with Crippen molar-refractivity contribution in [1.29, 1.82) is 0 Å². The first-order chi connectivity index (χ1) is 8.43. The van der Waals surface area contributed by atoms with Crippen molar-refractivity contribution >= 4 is 32.6 Å². The van der Waals surface area contributed by atoms with Crippen LogP contribution >= 0.6 is 27.5 Å². The lowest BCUT2D eigenvalue weighted by atomic mass is 10.1. The van der Waals surface area contributed by atoms with E-state index in [9.17, 15) is 13.2 Å². The molecule has 18 heavy (non-hydrogen) atoms. The van der Waals surface area contributed by atoms with Crippen molar-refractivity contribution in [3.8, 4) is 0 Å². The summed E-state index contributed by atoms with van der Waals surface area (Å²) in [7, 11) is 0. The first kappa shape index (κ1) is 15.7. The largest absolute Gasteiger partial charge is 0.452 e. The van der Waals surface area contributed by atoms with Gasteiger partial charge in [0.1, 0.15) is 0 Å². The van der Waals surface area contributed by atoms with E-state index in [2.05, 4.69) is 25.3 Å². The van der Waals surface area contributed by atoms with E-state index in [1.807, 2.05) is 18.7 Å². The Hall–Kier alpha value is -0.370. The monoisotopic (exact) mass is 345 g/mol. The van der Waals surface area contributed by atoms with Gasteiger partial charge in [-0.3, -0.25) is 0 Å². The van der Waals surface area contributed by atoms with Gasteiger partial charge in [-0.15, -0.1) is 0 Å². The van der Waals surface area contributed by atoms with Crippen LogP contribution in [0.4, 0.5) is 18.3 Å². The molecule has 0 aliphatic rings. The van der Waals surface area contributed by atoms with Crippen LogP contribution in [0, 0.1) is 0 Å². The maximum Gasteiger partial charge on any atom is 0.452 e. The van der Waals surface area contributed by atoms with Crippen LogP contribution < -0.4 is 4.90 Å². The third-order valence-corrected chi connectivity index (χ3v) is 3.73. The van der Waals surface area contributed by atoms with Gasteiger partial charge >= 0.3 is 6.18 Å². The van der Waals surface area contributed by atoms with Crippen molar-refractivity contribution in [1.82, 2.24) is 9.36 Å². The Balaban J connectivity index is 2.95. The van der Waals surface area contributed by atoms with E-state index in [1.165, 1.54) is 0 Å². The van der Waals surface area contributed by atoms with E-state index in [4.69, 9.17) is 0 Å². The highest BCUT2D eigenvalue weighted by Gasteiger charge is 2.37. The minimum atomic E-state index is -4.47. The van der Waals surface area contributed by atoms with Gasteiger partial charge in [0.15, 0.2) is 0 Å². The Morgan fingerprint density at radius 3 is 2.33 bits per heavy atom. The Labute approximate surface area is 117 Å². The molecule has 104 valence electrons. The fraction of sp³-hybridized carbons (Fsp3) is 0.800. The molecule has 1 aromatic rings. The van der Waals surface area contributed by atoms with Crippen LogP contribution in [0.2, 0.25) is 0 Å². The summed E-state index contributed by atoms with van der Waals surface area (Å²) in [4.78, 5) is 5.50. The minimum Gasteiger partial charge on any atom is -0.343 e. The van der Waals surface area contributed by atoms with Crippen molar-refractivity contribution in [2.24, 2.45) is 0 Å². The standard InChI is InChI=1S/C10H15BrF3N3S/c1-3-7(4-2)17(6-5-11)9-15-8(16-18-9)10(12,13)14/h7H,3-6H2,1-2H3. The molecule has 0 aliphatic heterocycles. The summed E-state index contributed by atoms with van der Waals surface area (Å²) in [5, 5.41) is 1.03. The van der Waals surface area contributed by atoms with Crippen molar-refractivity contribution in [2.75, 3.05) is 16.8 Å². The molecular formula is C10H15BrF3N3S. The molecule has 3 nitrogen and oxygen atoms in total. The molecule has 0 fully saturated rings. The molecule has 1 rings (SSSR count). The first-order valence-corrected chi connectivity index (χ1v) is 7.57. The number of alkyl halides is 4. The summed E-state index contributed by atoms with van der Waals surface area (Å²) in [6.07, 6.45) is -2.74. The second-order valence-electron chi connectivity index (χ2n) is 3.75. The van der Waals surface area contributed by atoms with E-state index in [0.29, 0.717) is 17.0 Å². The molecule has 0 spiro atoms. The number of halogens is 4. The van der Waals surface area contributed by atoms with Crippen LogP contribution in [0.3, 0.4) is 0 Å². The highest BCUT2D eigenvalue weighted by Crippen LogP contribution is 2.31. The quantitative estimate of drug-likeness (QED) is 0.731. The van der Waals surface area contributed by atoms with E-state index < -0.39 is 12.0 Å². The number of hydrogen-bond acceptors (Lipinski definition) is 4. The lowest BCUT2D eigenvalue weighted by Gasteiger charge is -2.29. The minimum absolute atomic E-state index is 0.191. The van der Waals surface area contributed by atoms with Gasteiger partial charge in [0.2, 0.25) is 11.0 Å². The van der Waals surface area contributed by atoms with E-state index in [1.54, 1.807) is 0 Å². The topological polar surface area (TPSA) is 29.0 Å². The first-order valence-electron chi connectivity index (χ1n) is 5.67. The van der Waals surface area contributed by atoms with Gasteiger partial charge < -0.3 is 4.90 Å². The van der Waals surface area contributed by atoms with Crippen LogP contribution in [-0.2, 0) is 6.18 Å². The SMILES string of the molecule is CCC(CC)N(CCBr)c1nc(C(F)(F)F)ns1. The molecule has 1 aromatic heterocycles. The molecule has 0 atom stereocenters. The summed E-state index contributed by atoms with van der Waals surface area (Å²) < 4.78 is 40.8. The molecule has 0 saturated carbocycles. The van der Waals surface area contributed by atoms with E-state index in [0.717, 1.165) is 24.4 Å². The molecule has 8 heteroatoms. The van der Waals surface area contributed by atoms with Crippen LogP contribution in [0.15, 0.2) is 0 Å². The molecule has 0 amide bonds. The van der Waals surface area contributed by atoms with E-state index >= 15 is 0 Å². The van der Waals surface area contributed by atoms with Crippen LogP contribution in [0.1, 0.15) is 32.5 Å². The summed E-state index contributed by atoms with van der Waals surface area (Å²) in [5.74, 6) is -1.05. The molecular weight excluding hydrogens is 331 g/mol. The van der Waals surface area contributed by atoms with Crippen molar-refractivity contribution < 1.29 is 13.2 Å². The molecule has 1 heterocycles. The maximum atomic E-state index is 12.5. The molecule has 0 bridgehead atoms. The number of rotatable bonds is 6. The molecule has 0 N–H and O–H groups in total. The van der Waals surface area contributed by atoms with Gasteiger partial charge in [0.25, 0.3) is 0 Å². The number of nitrogens with zero attached hydrogens (tertiary/aromatic N) is 3. The Kier molecular flexibility index (Phi) is 5.84. The fourth-order valence-electron chi connectivity index (χ4n) is 1.70. The third-order valence-electron chi connectivity index (χ3n) is 2.62. The van der Waals surface area contributed by atoms with Crippen molar-refractivity contribution in [3.63, 3.8) is 0 Å². The van der Waals surface area contributed by atoms with Crippen LogP contribution in [0.5, 0.6) is 0 Å². The second-order valence-corrected chi connectivity index (χ2v) is 5.27. The zero-order valence-electron chi connectivity index (χ0n) is 10.2. The highest BCUT2D eigenvalue weighted by atomic mass is 79.9. The van der Waals surface area contributed by atoms with Gasteiger partial charge in [0, 0.05) is 29.4 Å². The lowest BCUT2D eigenvalue weighted by molar-refractivity contribution is -0.144. The smallest absolute Gasteiger partial charge is 0.343 e. The predicted molar refractivity (Wildman–Crippen MR) is 70.4 cm³/mol. The highest BCUT2D eigenvalue weighted by molar-refractivity contribution is 9.09. The normalized spacial score (nSPS) is 12.2. The summed E-state index contributed by atoms with van der Waals surface area (Å²) in [5.41, 5.74) is 0. The average molecular weight is 346 g/mol. The van der Waals surface area contributed by atoms with E-state index in [-0.39, 0.29) is 6.04 Å². The molecule has 0 aliphatic carbocycles. The lowest BCUT2D eigenvalue weighted by Crippen LogP contribution is -2.36. The number of aromatic nitrogens is 2. The van der Waals surface area contributed by atoms with Crippen LogP contribution in [-0.4, -0.2) is 27.3 Å². The van der Waals surface area contributed by atoms with Crippen molar-refractivity contribution in [2.45, 2.75) is 38.9 Å². The second kappa shape index (κ2) is 6.70. The molecule has 0 radical (unpaired) electrons. The van der Waals surface area contributed by atoms with Gasteiger partial charge in [-0.1, -0.05) is 29.8 Å². The Morgan fingerprint density at radius 1 is 1.33 bits per heavy atom. The Morgan fingerprint density at radius 2 is 1.94 bits per heavy atom.